The molecule has 0 fully saturated rings. The number of carbonyl (C=O) groups is 3. The van der Waals surface area contributed by atoms with Crippen molar-refractivity contribution in [3.63, 3.8) is 0 Å². The molecule has 0 atom stereocenters. The minimum atomic E-state index is 0. The largest absolute Gasteiger partial charge is 0.300 e. The molecular formula is C18H43O3S4Sn3. The van der Waals surface area contributed by atoms with Gasteiger partial charge in [-0.25, -0.2) is 0 Å². The van der Waals surface area contributed by atoms with E-state index in [1.165, 1.54) is 17.8 Å². The first-order valence-corrected chi connectivity index (χ1v) is 7.23. The predicted octanol–water partition coefficient (Wildman–Crippen LogP) is 4.29. The van der Waals surface area contributed by atoms with Crippen LogP contribution in [0.15, 0.2) is 0 Å². The maximum absolute atomic E-state index is 10.2. The monoisotopic (exact) mass is 795 g/mol. The van der Waals surface area contributed by atoms with Crippen LogP contribution in [0.5, 0.6) is 0 Å². The Morgan fingerprint density at radius 2 is 0.536 bits per heavy atom. The summed E-state index contributed by atoms with van der Waals surface area (Å²) in [6.45, 7) is 16.6. The molecule has 0 spiro atoms. The van der Waals surface area contributed by atoms with Gasteiger partial charge in [-0.2, -0.15) is 54.0 Å². The second-order valence-corrected chi connectivity index (χ2v) is 6.26. The maximum atomic E-state index is 10.2. The predicted molar refractivity (Wildman–Crippen MR) is 151 cm³/mol. The standard InChI is InChI=1S/3C6H11O.4H2S.3Sn.H2/c3*1-5(2)4-6(3)7;;;;;;;;/h3*4H2,1-3H3;4*1H2;;;;1H. The van der Waals surface area contributed by atoms with Gasteiger partial charge >= 0.3 is 0 Å². The molecule has 3 nitrogen and oxygen atoms in total. The first kappa shape index (κ1) is 63.2. The first-order valence-electron chi connectivity index (χ1n) is 7.23. The second kappa shape index (κ2) is 43.6. The molecule has 0 aromatic heterocycles. The molecule has 0 unspecified atom stereocenters. The van der Waals surface area contributed by atoms with Crippen LogP contribution in [-0.4, -0.2) is 89.1 Å². The van der Waals surface area contributed by atoms with E-state index in [2.05, 4.69) is 0 Å². The first-order chi connectivity index (χ1) is 9.38. The van der Waals surface area contributed by atoms with Crippen molar-refractivity contribution in [2.24, 2.45) is 0 Å². The molecule has 0 aliphatic rings. The average Bonchev–Trinajstić information content (AvgIpc) is 2.10. The number of Topliss-reactive ketones (excluding diaryl/α,β-unsaturated/α-hetero) is 3. The van der Waals surface area contributed by atoms with Crippen molar-refractivity contribution in [2.45, 2.75) is 81.6 Å². The van der Waals surface area contributed by atoms with E-state index in [1.807, 2.05) is 41.5 Å². The van der Waals surface area contributed by atoms with E-state index in [4.69, 9.17) is 0 Å². The summed E-state index contributed by atoms with van der Waals surface area (Å²) in [4.78, 5) is 30.7. The Labute approximate surface area is 255 Å². The van der Waals surface area contributed by atoms with E-state index in [9.17, 15) is 14.4 Å². The quantitative estimate of drug-likeness (QED) is 0.378. The Balaban J connectivity index is -0.0000000164. The Bertz CT molecular complexity index is 277. The molecule has 0 rings (SSSR count). The van der Waals surface area contributed by atoms with E-state index in [0.717, 1.165) is 0 Å². The van der Waals surface area contributed by atoms with Crippen LogP contribution in [0.4, 0.5) is 0 Å². The van der Waals surface area contributed by atoms with Crippen molar-refractivity contribution in [3.8, 4) is 0 Å². The molecule has 0 saturated carbocycles. The Hall–Kier alpha value is 2.81. The van der Waals surface area contributed by atoms with Crippen molar-refractivity contribution in [1.29, 1.82) is 0 Å². The summed E-state index contributed by atoms with van der Waals surface area (Å²) in [5.74, 6) is 4.31. The van der Waals surface area contributed by atoms with E-state index in [0.29, 0.717) is 19.3 Å². The van der Waals surface area contributed by atoms with Crippen LogP contribution in [0.3, 0.4) is 0 Å². The molecule has 0 aromatic carbocycles. The fraction of sp³-hybridized carbons (Fsp3) is 0.667. The zero-order valence-electron chi connectivity index (χ0n) is 18.8. The zero-order chi connectivity index (χ0) is 17.6. The molecule has 0 aliphatic carbocycles. The molecule has 0 aromatic rings. The van der Waals surface area contributed by atoms with Crippen LogP contribution >= 0.6 is 54.0 Å². The summed E-state index contributed by atoms with van der Waals surface area (Å²) in [7, 11) is 0. The molecule has 0 saturated heterocycles. The number of hydrogen-bond acceptors (Lipinski definition) is 3. The van der Waals surface area contributed by atoms with Crippen LogP contribution in [-0.2, 0) is 14.4 Å². The molecule has 0 N–H and O–H groups in total. The molecule has 15 radical (unpaired) electrons. The zero-order valence-corrected chi connectivity index (χ0v) is 31.4. The number of hydrogen-bond donors (Lipinski definition) is 0. The van der Waals surface area contributed by atoms with Gasteiger partial charge in [-0.15, -0.1) is 0 Å². The Kier molecular flexibility index (Phi) is 98.5. The van der Waals surface area contributed by atoms with Crippen molar-refractivity contribution in [2.75, 3.05) is 0 Å². The summed E-state index contributed by atoms with van der Waals surface area (Å²) >= 11 is 0. The van der Waals surface area contributed by atoms with Gasteiger partial charge in [0.2, 0.25) is 0 Å². The molecule has 0 amide bonds. The third-order valence-corrected chi connectivity index (χ3v) is 1.81. The van der Waals surface area contributed by atoms with Gasteiger partial charge in [0.15, 0.2) is 0 Å². The van der Waals surface area contributed by atoms with Gasteiger partial charge in [-0.05, 0) is 38.5 Å². The van der Waals surface area contributed by atoms with Gasteiger partial charge in [0.25, 0.3) is 0 Å². The third-order valence-electron chi connectivity index (χ3n) is 1.81. The SMILES string of the molecule is C[C](C)CC(C)=O.C[C](C)CC(C)=O.C[C](C)CC(C)=O.S.S.S.S.[HH].[Sn].[Sn].[Sn]. The van der Waals surface area contributed by atoms with Crippen molar-refractivity contribution >= 4 is 143 Å². The summed E-state index contributed by atoms with van der Waals surface area (Å²) in [5.41, 5.74) is 0. The molecule has 0 bridgehead atoms. The molecule has 0 heterocycles. The molecule has 10 heteroatoms. The minimum absolute atomic E-state index is 0. The normalized spacial score (nSPS) is 7.29. The van der Waals surface area contributed by atoms with E-state index >= 15 is 0 Å². The van der Waals surface area contributed by atoms with Crippen LogP contribution in [0.25, 0.3) is 0 Å². The summed E-state index contributed by atoms with van der Waals surface area (Å²) in [6, 6.07) is 0. The van der Waals surface area contributed by atoms with E-state index in [1.54, 1.807) is 20.8 Å². The fourth-order valence-electron chi connectivity index (χ4n) is 1.49. The molecular weight excluding hydrogens is 749 g/mol. The van der Waals surface area contributed by atoms with Crippen LogP contribution in [0.1, 0.15) is 83.0 Å². The summed E-state index contributed by atoms with van der Waals surface area (Å²) in [5, 5.41) is 0. The third kappa shape index (κ3) is 102. The van der Waals surface area contributed by atoms with Gasteiger partial charge in [0, 0.05) is 92.4 Å². The van der Waals surface area contributed by atoms with Crippen LogP contribution in [0, 0.1) is 17.8 Å². The van der Waals surface area contributed by atoms with Gasteiger partial charge in [0.05, 0.1) is 0 Å². The van der Waals surface area contributed by atoms with Crippen LogP contribution in [0.2, 0.25) is 0 Å². The Morgan fingerprint density at radius 3 is 0.536 bits per heavy atom. The van der Waals surface area contributed by atoms with Gasteiger partial charge in [-0.1, -0.05) is 41.5 Å². The van der Waals surface area contributed by atoms with Crippen molar-refractivity contribution < 1.29 is 15.8 Å². The van der Waals surface area contributed by atoms with Gasteiger partial charge in [0.1, 0.15) is 17.3 Å². The average molecular weight is 792 g/mol. The fourth-order valence-corrected chi connectivity index (χ4v) is 1.49. The minimum Gasteiger partial charge on any atom is -0.300 e. The van der Waals surface area contributed by atoms with Crippen LogP contribution < -0.4 is 0 Å². The maximum Gasteiger partial charge on any atom is 0.130 e. The van der Waals surface area contributed by atoms with Gasteiger partial charge in [-0.3, -0.25) is 0 Å². The number of carbonyl (C=O) groups excluding carboxylic acids is 3. The molecule has 28 heavy (non-hydrogen) atoms. The number of rotatable bonds is 6. The van der Waals surface area contributed by atoms with Gasteiger partial charge < -0.3 is 14.4 Å². The molecule has 169 valence electrons. The molecule has 0 aliphatic heterocycles. The topological polar surface area (TPSA) is 51.2 Å². The van der Waals surface area contributed by atoms with Crippen molar-refractivity contribution in [3.05, 3.63) is 17.8 Å². The van der Waals surface area contributed by atoms with Crippen molar-refractivity contribution in [1.82, 2.24) is 0 Å². The number of ketones is 3. The van der Waals surface area contributed by atoms with E-state index in [-0.39, 0.29) is 144 Å². The summed E-state index contributed by atoms with van der Waals surface area (Å²) in [6.07, 6.45) is 1.92. The smallest absolute Gasteiger partial charge is 0.130 e. The Morgan fingerprint density at radius 1 is 0.429 bits per heavy atom. The second-order valence-electron chi connectivity index (χ2n) is 6.26. The summed E-state index contributed by atoms with van der Waals surface area (Å²) < 4.78 is 0. The van der Waals surface area contributed by atoms with E-state index < -0.39 is 0 Å².